The van der Waals surface area contributed by atoms with Crippen molar-refractivity contribution in [2.45, 2.75) is 38.1 Å². The molecule has 2 N–H and O–H groups in total. The second kappa shape index (κ2) is 8.21. The fourth-order valence-corrected chi connectivity index (χ4v) is 3.23. The third kappa shape index (κ3) is 4.63. The molecule has 0 bridgehead atoms. The summed E-state index contributed by atoms with van der Waals surface area (Å²) in [6.07, 6.45) is 7.95. The lowest BCUT2D eigenvalue weighted by atomic mass is 9.95. The fraction of sp³-hybridized carbons (Fsp3) is 0.368. The number of nitrogens with zero attached hydrogens (tertiary/aromatic N) is 1. The van der Waals surface area contributed by atoms with Crippen molar-refractivity contribution >= 4 is 28.9 Å². The highest BCUT2D eigenvalue weighted by atomic mass is 35.5. The summed E-state index contributed by atoms with van der Waals surface area (Å²) in [5.74, 6) is 0.248. The SMILES string of the molecule is COc1ccc(Cl)cc1NC(=O)c1ccc(NC2CCCCC2)cn1. The Hall–Kier alpha value is -2.27. The lowest BCUT2D eigenvalue weighted by Crippen LogP contribution is -2.22. The Bertz CT molecular complexity index is 728. The molecule has 1 amide bonds. The summed E-state index contributed by atoms with van der Waals surface area (Å²) in [7, 11) is 1.54. The van der Waals surface area contributed by atoms with E-state index in [0.717, 1.165) is 5.69 Å². The number of hydrogen-bond donors (Lipinski definition) is 2. The van der Waals surface area contributed by atoms with Crippen molar-refractivity contribution in [2.24, 2.45) is 0 Å². The van der Waals surface area contributed by atoms with Crippen molar-refractivity contribution in [3.05, 3.63) is 47.2 Å². The van der Waals surface area contributed by atoms with Gasteiger partial charge in [-0.1, -0.05) is 30.9 Å². The highest BCUT2D eigenvalue weighted by Crippen LogP contribution is 2.28. The van der Waals surface area contributed by atoms with Gasteiger partial charge >= 0.3 is 0 Å². The summed E-state index contributed by atoms with van der Waals surface area (Å²) in [5.41, 5.74) is 1.81. The third-order valence-electron chi connectivity index (χ3n) is 4.38. The average Bonchev–Trinajstić information content (AvgIpc) is 2.63. The van der Waals surface area contributed by atoms with Crippen molar-refractivity contribution in [3.8, 4) is 5.75 Å². The number of methoxy groups -OCH3 is 1. The fourth-order valence-electron chi connectivity index (χ4n) is 3.06. The predicted octanol–water partition coefficient (Wildman–Crippen LogP) is 4.74. The molecule has 132 valence electrons. The number of rotatable bonds is 5. The van der Waals surface area contributed by atoms with E-state index in [9.17, 15) is 4.79 Å². The summed E-state index contributed by atoms with van der Waals surface area (Å²) in [4.78, 5) is 16.7. The molecule has 0 unspecified atom stereocenters. The van der Waals surface area contributed by atoms with Crippen LogP contribution in [0.15, 0.2) is 36.5 Å². The Morgan fingerprint density at radius 3 is 2.68 bits per heavy atom. The molecule has 25 heavy (non-hydrogen) atoms. The molecule has 0 radical (unpaired) electrons. The summed E-state index contributed by atoms with van der Waals surface area (Å²) < 4.78 is 5.24. The third-order valence-corrected chi connectivity index (χ3v) is 4.62. The number of ether oxygens (including phenoxy) is 1. The zero-order valence-corrected chi connectivity index (χ0v) is 15.0. The van der Waals surface area contributed by atoms with Crippen molar-refractivity contribution in [1.82, 2.24) is 4.98 Å². The molecule has 1 heterocycles. The lowest BCUT2D eigenvalue weighted by Gasteiger charge is -2.23. The highest BCUT2D eigenvalue weighted by Gasteiger charge is 2.14. The molecule has 2 aromatic rings. The molecule has 0 saturated heterocycles. The first-order valence-corrected chi connectivity index (χ1v) is 8.91. The molecule has 1 aromatic heterocycles. The molecule has 3 rings (SSSR count). The Kier molecular flexibility index (Phi) is 5.76. The molecule has 0 spiro atoms. The number of nitrogens with one attached hydrogen (secondary N) is 2. The number of anilines is 2. The van der Waals surface area contributed by atoms with E-state index in [0.29, 0.717) is 28.2 Å². The quantitative estimate of drug-likeness (QED) is 0.809. The number of aromatic nitrogens is 1. The van der Waals surface area contributed by atoms with Crippen molar-refractivity contribution in [3.63, 3.8) is 0 Å². The molecular weight excluding hydrogens is 338 g/mol. The van der Waals surface area contributed by atoms with Gasteiger partial charge in [-0.2, -0.15) is 0 Å². The Balaban J connectivity index is 1.65. The summed E-state index contributed by atoms with van der Waals surface area (Å²) >= 11 is 5.99. The number of hydrogen-bond acceptors (Lipinski definition) is 4. The number of carbonyl (C=O) groups is 1. The minimum Gasteiger partial charge on any atom is -0.495 e. The second-order valence-electron chi connectivity index (χ2n) is 6.21. The Morgan fingerprint density at radius 1 is 1.20 bits per heavy atom. The maximum absolute atomic E-state index is 12.4. The van der Waals surface area contributed by atoms with Gasteiger partial charge in [0.1, 0.15) is 11.4 Å². The molecule has 1 aliphatic carbocycles. The van der Waals surface area contributed by atoms with Crippen LogP contribution in [-0.2, 0) is 0 Å². The van der Waals surface area contributed by atoms with Gasteiger partial charge in [0.25, 0.3) is 5.91 Å². The molecule has 0 atom stereocenters. The first kappa shape index (κ1) is 17.5. The molecule has 1 aliphatic rings. The van der Waals surface area contributed by atoms with Crippen molar-refractivity contribution in [1.29, 1.82) is 0 Å². The summed E-state index contributed by atoms with van der Waals surface area (Å²) in [6, 6.07) is 9.19. The summed E-state index contributed by atoms with van der Waals surface area (Å²) in [5, 5.41) is 6.80. The van der Waals surface area contributed by atoms with E-state index in [-0.39, 0.29) is 5.91 Å². The van der Waals surface area contributed by atoms with Gasteiger partial charge in [0.2, 0.25) is 0 Å². The topological polar surface area (TPSA) is 63.2 Å². The number of amides is 1. The van der Waals surface area contributed by atoms with Crippen LogP contribution in [0, 0.1) is 0 Å². The molecule has 1 aromatic carbocycles. The van der Waals surface area contributed by atoms with Crippen LogP contribution in [0.1, 0.15) is 42.6 Å². The van der Waals surface area contributed by atoms with Crippen LogP contribution in [0.5, 0.6) is 5.75 Å². The van der Waals surface area contributed by atoms with Gasteiger partial charge < -0.3 is 15.4 Å². The molecule has 5 nitrogen and oxygen atoms in total. The van der Waals surface area contributed by atoms with Gasteiger partial charge in [0.05, 0.1) is 24.7 Å². The zero-order chi connectivity index (χ0) is 17.6. The van der Waals surface area contributed by atoms with Crippen molar-refractivity contribution < 1.29 is 9.53 Å². The number of carbonyl (C=O) groups excluding carboxylic acids is 1. The first-order chi connectivity index (χ1) is 12.2. The average molecular weight is 360 g/mol. The second-order valence-corrected chi connectivity index (χ2v) is 6.65. The Labute approximate surface area is 152 Å². The number of pyridine rings is 1. The number of halogens is 1. The normalized spacial score (nSPS) is 14.8. The van der Waals surface area contributed by atoms with Crippen LogP contribution in [0.3, 0.4) is 0 Å². The molecular formula is C19H22ClN3O2. The maximum Gasteiger partial charge on any atom is 0.274 e. The van der Waals surface area contributed by atoms with E-state index in [2.05, 4.69) is 15.6 Å². The molecule has 1 fully saturated rings. The van der Waals surface area contributed by atoms with E-state index in [1.54, 1.807) is 37.6 Å². The predicted molar refractivity (Wildman–Crippen MR) is 101 cm³/mol. The minimum absolute atomic E-state index is 0.301. The van der Waals surface area contributed by atoms with E-state index in [1.807, 2.05) is 6.07 Å². The zero-order valence-electron chi connectivity index (χ0n) is 14.2. The molecule has 0 aliphatic heterocycles. The first-order valence-electron chi connectivity index (χ1n) is 8.53. The molecule has 6 heteroatoms. The van der Waals surface area contributed by atoms with Gasteiger partial charge in [0, 0.05) is 11.1 Å². The van der Waals surface area contributed by atoms with Gasteiger partial charge in [-0.05, 0) is 43.2 Å². The highest BCUT2D eigenvalue weighted by molar-refractivity contribution is 6.31. The van der Waals surface area contributed by atoms with E-state index < -0.39 is 0 Å². The van der Waals surface area contributed by atoms with Crippen LogP contribution in [0.2, 0.25) is 5.02 Å². The smallest absolute Gasteiger partial charge is 0.274 e. The van der Waals surface area contributed by atoms with Crippen LogP contribution in [0.25, 0.3) is 0 Å². The lowest BCUT2D eigenvalue weighted by molar-refractivity contribution is 0.102. The van der Waals surface area contributed by atoms with Gasteiger partial charge in [0.15, 0.2) is 0 Å². The van der Waals surface area contributed by atoms with Gasteiger partial charge in [-0.15, -0.1) is 0 Å². The van der Waals surface area contributed by atoms with Crippen LogP contribution >= 0.6 is 11.6 Å². The minimum atomic E-state index is -0.301. The Morgan fingerprint density at radius 2 is 2.00 bits per heavy atom. The maximum atomic E-state index is 12.4. The summed E-state index contributed by atoms with van der Waals surface area (Å²) in [6.45, 7) is 0. The van der Waals surface area contributed by atoms with Crippen LogP contribution < -0.4 is 15.4 Å². The largest absolute Gasteiger partial charge is 0.495 e. The van der Waals surface area contributed by atoms with E-state index in [4.69, 9.17) is 16.3 Å². The molecule has 1 saturated carbocycles. The number of benzene rings is 1. The van der Waals surface area contributed by atoms with Crippen LogP contribution in [0.4, 0.5) is 11.4 Å². The monoisotopic (exact) mass is 359 g/mol. The van der Waals surface area contributed by atoms with E-state index >= 15 is 0 Å². The van der Waals surface area contributed by atoms with E-state index in [1.165, 1.54) is 32.1 Å². The van der Waals surface area contributed by atoms with Crippen molar-refractivity contribution in [2.75, 3.05) is 17.7 Å². The van der Waals surface area contributed by atoms with Gasteiger partial charge in [-0.25, -0.2) is 4.98 Å². The standard InChI is InChI=1S/C19H22ClN3O2/c1-25-18-10-7-13(20)11-17(18)23-19(24)16-9-8-15(12-21-16)22-14-5-3-2-4-6-14/h7-12,14,22H,2-6H2,1H3,(H,23,24). The van der Waals surface area contributed by atoms with Crippen LogP contribution in [-0.4, -0.2) is 24.0 Å². The van der Waals surface area contributed by atoms with Gasteiger partial charge in [-0.3, -0.25) is 4.79 Å².